The summed E-state index contributed by atoms with van der Waals surface area (Å²) in [4.78, 5) is 14.4. The SMILES string of the molecule is CC1(C)CN(C2CCCCC2=O)CC(C)(C)O1. The predicted molar refractivity (Wildman–Crippen MR) is 68.1 cm³/mol. The summed E-state index contributed by atoms with van der Waals surface area (Å²) in [5, 5.41) is 0. The topological polar surface area (TPSA) is 29.5 Å². The Morgan fingerprint density at radius 3 is 2.24 bits per heavy atom. The predicted octanol–water partition coefficient (Wildman–Crippen LogP) is 2.39. The zero-order valence-electron chi connectivity index (χ0n) is 11.6. The highest BCUT2D eigenvalue weighted by atomic mass is 16.5. The van der Waals surface area contributed by atoms with Gasteiger partial charge in [-0.3, -0.25) is 9.69 Å². The molecule has 0 aromatic carbocycles. The van der Waals surface area contributed by atoms with E-state index in [2.05, 4.69) is 32.6 Å². The van der Waals surface area contributed by atoms with Crippen molar-refractivity contribution >= 4 is 5.78 Å². The van der Waals surface area contributed by atoms with Gasteiger partial charge in [0.15, 0.2) is 0 Å². The minimum atomic E-state index is -0.153. The molecule has 0 amide bonds. The molecule has 3 heteroatoms. The Morgan fingerprint density at radius 1 is 1.12 bits per heavy atom. The number of carbonyl (C=O) groups is 1. The van der Waals surface area contributed by atoms with E-state index in [9.17, 15) is 4.79 Å². The van der Waals surface area contributed by atoms with Crippen LogP contribution < -0.4 is 0 Å². The van der Waals surface area contributed by atoms with Crippen molar-refractivity contribution in [2.45, 2.75) is 70.6 Å². The fraction of sp³-hybridized carbons (Fsp3) is 0.929. The van der Waals surface area contributed by atoms with Crippen molar-refractivity contribution in [1.82, 2.24) is 4.90 Å². The van der Waals surface area contributed by atoms with Gasteiger partial charge in [-0.1, -0.05) is 6.42 Å². The molecule has 0 aromatic heterocycles. The van der Waals surface area contributed by atoms with Gasteiger partial charge in [0.05, 0.1) is 17.2 Å². The van der Waals surface area contributed by atoms with Crippen LogP contribution in [0.4, 0.5) is 0 Å². The lowest BCUT2D eigenvalue weighted by Gasteiger charge is -2.49. The van der Waals surface area contributed by atoms with Crippen LogP contribution in [-0.2, 0) is 9.53 Å². The molecule has 0 N–H and O–H groups in total. The molecule has 3 nitrogen and oxygen atoms in total. The molecule has 2 fully saturated rings. The maximum absolute atomic E-state index is 12.0. The van der Waals surface area contributed by atoms with Gasteiger partial charge >= 0.3 is 0 Å². The summed E-state index contributed by atoms with van der Waals surface area (Å²) in [6, 6.07) is 0.145. The van der Waals surface area contributed by atoms with E-state index in [1.807, 2.05) is 0 Å². The van der Waals surface area contributed by atoms with Crippen molar-refractivity contribution in [1.29, 1.82) is 0 Å². The zero-order valence-corrected chi connectivity index (χ0v) is 11.6. The summed E-state index contributed by atoms with van der Waals surface area (Å²) in [6.45, 7) is 10.2. The van der Waals surface area contributed by atoms with Crippen LogP contribution >= 0.6 is 0 Å². The molecular weight excluding hydrogens is 214 g/mol. The molecule has 1 heterocycles. The van der Waals surface area contributed by atoms with Gasteiger partial charge in [0.2, 0.25) is 0 Å². The minimum absolute atomic E-state index is 0.145. The summed E-state index contributed by atoms with van der Waals surface area (Å²) in [7, 11) is 0. The second kappa shape index (κ2) is 4.36. The normalized spacial score (nSPS) is 33.6. The fourth-order valence-corrected chi connectivity index (χ4v) is 3.42. The third-order valence-electron chi connectivity index (χ3n) is 3.68. The van der Waals surface area contributed by atoms with Crippen molar-refractivity contribution in [3.8, 4) is 0 Å². The van der Waals surface area contributed by atoms with Gasteiger partial charge in [-0.15, -0.1) is 0 Å². The smallest absolute Gasteiger partial charge is 0.149 e. The van der Waals surface area contributed by atoms with Crippen LogP contribution in [0.1, 0.15) is 53.4 Å². The maximum atomic E-state index is 12.0. The highest BCUT2D eigenvalue weighted by molar-refractivity contribution is 5.84. The molecule has 1 aliphatic carbocycles. The number of nitrogens with zero attached hydrogens (tertiary/aromatic N) is 1. The second-order valence-corrected chi connectivity index (χ2v) is 6.75. The van der Waals surface area contributed by atoms with Crippen LogP contribution in [-0.4, -0.2) is 41.0 Å². The standard InChI is InChI=1S/C14H25NO2/c1-13(2)9-15(10-14(3,4)17-13)11-7-5-6-8-12(11)16/h11H,5-10H2,1-4H3. The maximum Gasteiger partial charge on any atom is 0.149 e. The van der Waals surface area contributed by atoms with E-state index in [1.54, 1.807) is 0 Å². The Bertz CT molecular complexity index is 293. The fourth-order valence-electron chi connectivity index (χ4n) is 3.42. The van der Waals surface area contributed by atoms with Gasteiger partial charge < -0.3 is 4.74 Å². The van der Waals surface area contributed by atoms with E-state index in [0.29, 0.717) is 5.78 Å². The number of morpholine rings is 1. The average Bonchev–Trinajstić information content (AvgIpc) is 2.13. The number of Topliss-reactive ketones (excluding diaryl/α,β-unsaturated/α-hetero) is 1. The first-order valence-corrected chi connectivity index (χ1v) is 6.76. The van der Waals surface area contributed by atoms with Crippen LogP contribution in [0.15, 0.2) is 0 Å². The van der Waals surface area contributed by atoms with Gasteiger partial charge in [0, 0.05) is 19.5 Å². The van der Waals surface area contributed by atoms with Gasteiger partial charge in [-0.05, 0) is 40.5 Å². The Hall–Kier alpha value is -0.410. The molecule has 1 saturated carbocycles. The molecule has 0 spiro atoms. The van der Waals surface area contributed by atoms with Crippen molar-refractivity contribution < 1.29 is 9.53 Å². The van der Waals surface area contributed by atoms with Crippen LogP contribution in [0.3, 0.4) is 0 Å². The Morgan fingerprint density at radius 2 is 1.71 bits per heavy atom. The Kier molecular flexibility index (Phi) is 3.34. The lowest BCUT2D eigenvalue weighted by molar-refractivity contribution is -0.189. The third kappa shape index (κ3) is 3.08. The van der Waals surface area contributed by atoms with Gasteiger partial charge in [0.25, 0.3) is 0 Å². The number of ketones is 1. The molecular formula is C14H25NO2. The van der Waals surface area contributed by atoms with Crippen LogP contribution in [0.5, 0.6) is 0 Å². The Labute approximate surface area is 105 Å². The molecule has 1 unspecified atom stereocenters. The number of carbonyl (C=O) groups excluding carboxylic acids is 1. The first-order chi connectivity index (χ1) is 7.79. The summed E-state index contributed by atoms with van der Waals surface area (Å²) in [5.41, 5.74) is -0.307. The van der Waals surface area contributed by atoms with E-state index in [4.69, 9.17) is 4.74 Å². The van der Waals surface area contributed by atoms with Crippen LogP contribution in [0.2, 0.25) is 0 Å². The molecule has 0 aromatic rings. The number of ether oxygens (including phenoxy) is 1. The zero-order chi connectivity index (χ0) is 12.7. The van der Waals surface area contributed by atoms with Gasteiger partial charge in [-0.2, -0.15) is 0 Å². The van der Waals surface area contributed by atoms with E-state index in [1.165, 1.54) is 6.42 Å². The minimum Gasteiger partial charge on any atom is -0.367 e. The van der Waals surface area contributed by atoms with E-state index in [0.717, 1.165) is 32.4 Å². The monoisotopic (exact) mass is 239 g/mol. The third-order valence-corrected chi connectivity index (χ3v) is 3.68. The summed E-state index contributed by atoms with van der Waals surface area (Å²) < 4.78 is 6.06. The second-order valence-electron chi connectivity index (χ2n) is 6.75. The first kappa shape index (κ1) is 13.0. The summed E-state index contributed by atoms with van der Waals surface area (Å²) in [5.74, 6) is 0.435. The van der Waals surface area contributed by atoms with E-state index >= 15 is 0 Å². The van der Waals surface area contributed by atoms with Crippen LogP contribution in [0.25, 0.3) is 0 Å². The van der Waals surface area contributed by atoms with Crippen molar-refractivity contribution in [3.63, 3.8) is 0 Å². The number of rotatable bonds is 1. The lowest BCUT2D eigenvalue weighted by Crippen LogP contribution is -2.61. The van der Waals surface area contributed by atoms with E-state index < -0.39 is 0 Å². The first-order valence-electron chi connectivity index (χ1n) is 6.76. The molecule has 0 radical (unpaired) electrons. The van der Waals surface area contributed by atoms with Gasteiger partial charge in [-0.25, -0.2) is 0 Å². The molecule has 17 heavy (non-hydrogen) atoms. The number of hydrogen-bond donors (Lipinski definition) is 0. The molecule has 0 bridgehead atoms. The molecule has 2 aliphatic rings. The van der Waals surface area contributed by atoms with Crippen molar-refractivity contribution in [3.05, 3.63) is 0 Å². The molecule has 98 valence electrons. The number of hydrogen-bond acceptors (Lipinski definition) is 3. The molecule has 1 saturated heterocycles. The van der Waals surface area contributed by atoms with E-state index in [-0.39, 0.29) is 17.2 Å². The largest absolute Gasteiger partial charge is 0.367 e. The molecule has 1 atom stereocenters. The van der Waals surface area contributed by atoms with Crippen LogP contribution in [0, 0.1) is 0 Å². The lowest BCUT2D eigenvalue weighted by atomic mass is 9.89. The summed E-state index contributed by atoms with van der Waals surface area (Å²) in [6.07, 6.45) is 4.06. The molecule has 2 rings (SSSR count). The highest BCUT2D eigenvalue weighted by Gasteiger charge is 2.42. The molecule has 1 aliphatic heterocycles. The highest BCUT2D eigenvalue weighted by Crippen LogP contribution is 2.31. The van der Waals surface area contributed by atoms with Crippen molar-refractivity contribution in [2.75, 3.05) is 13.1 Å². The van der Waals surface area contributed by atoms with Crippen molar-refractivity contribution in [2.24, 2.45) is 0 Å². The quantitative estimate of drug-likeness (QED) is 0.703. The van der Waals surface area contributed by atoms with Gasteiger partial charge in [0.1, 0.15) is 5.78 Å². The Balaban J connectivity index is 2.12. The average molecular weight is 239 g/mol. The summed E-state index contributed by atoms with van der Waals surface area (Å²) >= 11 is 0.